The smallest absolute Gasteiger partial charge is 0.407 e. The fourth-order valence-electron chi connectivity index (χ4n) is 9.53. The number of benzene rings is 3. The molecular formula is C49H53N9O6. The average Bonchev–Trinajstić information content (AvgIpc) is 4.16. The summed E-state index contributed by atoms with van der Waals surface area (Å²) < 4.78 is 9.66. The number of pyridine rings is 1. The predicted octanol–water partition coefficient (Wildman–Crippen LogP) is 7.98. The van der Waals surface area contributed by atoms with Crippen molar-refractivity contribution >= 4 is 34.9 Å². The van der Waals surface area contributed by atoms with Gasteiger partial charge in [0.2, 0.25) is 5.91 Å². The highest BCUT2D eigenvalue weighted by molar-refractivity contribution is 5.89. The van der Waals surface area contributed by atoms with Gasteiger partial charge in [-0.1, -0.05) is 68.4 Å². The fraction of sp³-hybridized carbons (Fsp3) is 0.367. The summed E-state index contributed by atoms with van der Waals surface area (Å²) in [4.78, 5) is 77.9. The van der Waals surface area contributed by atoms with Gasteiger partial charge in [0, 0.05) is 35.2 Å². The number of aromatic amines is 2. The summed E-state index contributed by atoms with van der Waals surface area (Å²) in [5.41, 5.74) is 9.59. The molecule has 0 radical (unpaired) electrons. The molecule has 1 aliphatic carbocycles. The first-order chi connectivity index (χ1) is 31.1. The summed E-state index contributed by atoms with van der Waals surface area (Å²) in [6.45, 7) is 4.98. The number of nitrogens with zero attached hydrogens (tertiary/aromatic N) is 5. The van der Waals surface area contributed by atoms with Crippen molar-refractivity contribution in [1.29, 1.82) is 0 Å². The average molecular weight is 864 g/mol. The minimum atomic E-state index is -0.888. The number of hydrogen-bond acceptors (Lipinski definition) is 9. The number of amides is 4. The number of likely N-dealkylation sites (tertiary alicyclic amines) is 2. The van der Waals surface area contributed by atoms with Gasteiger partial charge in [0.1, 0.15) is 23.7 Å². The molecule has 2 aliphatic heterocycles. The van der Waals surface area contributed by atoms with Crippen LogP contribution in [-0.4, -0.2) is 92.1 Å². The highest BCUT2D eigenvalue weighted by Gasteiger charge is 2.39. The van der Waals surface area contributed by atoms with E-state index in [4.69, 9.17) is 24.4 Å². The molecule has 5 heterocycles. The zero-order chi connectivity index (χ0) is 44.5. The SMILES string of the molecule is COC(=O)N[C@H](C(=O)N1CCC[C@H]1c1nc2c([nH]1)-c1ccc(-c3ccc4cc(-c5cnc([C@@H]6CCCN6C(=O)[C@H](NC(=O)OC)c6ccccc6)[nH]5)ccc4n3)cc1CCC2)C(C)C. The number of H-pyrrole nitrogens is 2. The van der Waals surface area contributed by atoms with E-state index < -0.39 is 24.3 Å². The molecule has 0 saturated carbocycles. The van der Waals surface area contributed by atoms with Crippen molar-refractivity contribution in [3.05, 3.63) is 114 Å². The molecule has 2 fully saturated rings. The Bertz CT molecular complexity index is 2710. The summed E-state index contributed by atoms with van der Waals surface area (Å²) in [5, 5.41) is 6.44. The number of hydrogen-bond donors (Lipinski definition) is 4. The second-order valence-electron chi connectivity index (χ2n) is 17.2. The molecular weight excluding hydrogens is 811 g/mol. The lowest BCUT2D eigenvalue weighted by atomic mass is 9.98. The quantitative estimate of drug-likeness (QED) is 0.106. The van der Waals surface area contributed by atoms with E-state index >= 15 is 0 Å². The number of imidazole rings is 2. The van der Waals surface area contributed by atoms with Crippen LogP contribution in [0.25, 0.3) is 44.7 Å². The molecule has 2 saturated heterocycles. The Hall–Kier alpha value is -7.03. The van der Waals surface area contributed by atoms with Crippen LogP contribution >= 0.6 is 0 Å². The maximum atomic E-state index is 14.0. The first kappa shape index (κ1) is 42.3. The highest BCUT2D eigenvalue weighted by Crippen LogP contribution is 2.39. The molecule has 4 atom stereocenters. The van der Waals surface area contributed by atoms with Crippen LogP contribution in [0.4, 0.5) is 9.59 Å². The molecule has 4 amide bonds. The molecule has 15 heteroatoms. The van der Waals surface area contributed by atoms with Crippen molar-refractivity contribution in [3.8, 4) is 33.8 Å². The number of aromatic nitrogens is 5. The molecule has 4 N–H and O–H groups in total. The van der Waals surface area contributed by atoms with Crippen LogP contribution in [0.2, 0.25) is 0 Å². The van der Waals surface area contributed by atoms with Crippen LogP contribution in [0, 0.1) is 5.92 Å². The minimum Gasteiger partial charge on any atom is -0.453 e. The number of fused-ring (bicyclic) bond motifs is 4. The molecule has 0 bridgehead atoms. The maximum absolute atomic E-state index is 14.0. The summed E-state index contributed by atoms with van der Waals surface area (Å²) in [6, 6.07) is 24.0. The van der Waals surface area contributed by atoms with Gasteiger partial charge in [0.05, 0.1) is 60.8 Å². The van der Waals surface area contributed by atoms with E-state index in [9.17, 15) is 19.2 Å². The van der Waals surface area contributed by atoms with Gasteiger partial charge < -0.3 is 39.9 Å². The van der Waals surface area contributed by atoms with Crippen LogP contribution in [-0.2, 0) is 31.9 Å². The van der Waals surface area contributed by atoms with Crippen LogP contribution in [0.1, 0.15) is 92.5 Å². The largest absolute Gasteiger partial charge is 0.453 e. The number of carbonyl (C=O) groups excluding carboxylic acids is 4. The Kier molecular flexibility index (Phi) is 11.9. The Balaban J connectivity index is 0.917. The summed E-state index contributed by atoms with van der Waals surface area (Å²) in [5.74, 6) is 1.03. The topological polar surface area (TPSA) is 188 Å². The predicted molar refractivity (Wildman–Crippen MR) is 241 cm³/mol. The van der Waals surface area contributed by atoms with Crippen LogP contribution in [0.5, 0.6) is 0 Å². The van der Waals surface area contributed by atoms with Gasteiger partial charge in [0.15, 0.2) is 0 Å². The van der Waals surface area contributed by atoms with Gasteiger partial charge in [-0.2, -0.15) is 0 Å². The molecule has 15 nitrogen and oxygen atoms in total. The van der Waals surface area contributed by atoms with Gasteiger partial charge in [-0.15, -0.1) is 0 Å². The third kappa shape index (κ3) is 8.29. The fourth-order valence-corrected chi connectivity index (χ4v) is 9.53. The molecule has 9 rings (SSSR count). The zero-order valence-corrected chi connectivity index (χ0v) is 36.5. The highest BCUT2D eigenvalue weighted by atomic mass is 16.5. The first-order valence-corrected chi connectivity index (χ1v) is 22.1. The van der Waals surface area contributed by atoms with Crippen LogP contribution in [0.15, 0.2) is 85.1 Å². The second kappa shape index (κ2) is 18.0. The van der Waals surface area contributed by atoms with Crippen molar-refractivity contribution in [2.24, 2.45) is 5.92 Å². The van der Waals surface area contributed by atoms with E-state index in [1.165, 1.54) is 19.8 Å². The molecule has 3 aromatic heterocycles. The molecule has 6 aromatic rings. The van der Waals surface area contributed by atoms with Gasteiger partial charge in [-0.25, -0.2) is 24.5 Å². The summed E-state index contributed by atoms with van der Waals surface area (Å²) in [7, 11) is 2.58. The number of ether oxygens (including phenoxy) is 2. The second-order valence-corrected chi connectivity index (χ2v) is 17.2. The normalized spacial score (nSPS) is 18.0. The lowest BCUT2D eigenvalue weighted by Gasteiger charge is -2.30. The zero-order valence-electron chi connectivity index (χ0n) is 36.5. The van der Waals surface area contributed by atoms with Crippen molar-refractivity contribution in [3.63, 3.8) is 0 Å². The van der Waals surface area contributed by atoms with E-state index in [2.05, 4.69) is 57.0 Å². The third-order valence-electron chi connectivity index (χ3n) is 12.8. The van der Waals surface area contributed by atoms with E-state index in [-0.39, 0.29) is 29.8 Å². The van der Waals surface area contributed by atoms with E-state index in [1.54, 1.807) is 11.1 Å². The molecule has 0 spiro atoms. The Labute approximate surface area is 371 Å². The van der Waals surface area contributed by atoms with E-state index in [0.29, 0.717) is 24.5 Å². The number of nitrogens with one attached hydrogen (secondary N) is 4. The Morgan fingerprint density at radius 1 is 0.734 bits per heavy atom. The summed E-state index contributed by atoms with van der Waals surface area (Å²) in [6.07, 6.45) is 6.39. The number of rotatable bonds is 10. The molecule has 64 heavy (non-hydrogen) atoms. The molecule has 0 unspecified atom stereocenters. The third-order valence-corrected chi connectivity index (χ3v) is 12.8. The van der Waals surface area contributed by atoms with Crippen molar-refractivity contribution in [2.45, 2.75) is 83.0 Å². The lowest BCUT2D eigenvalue weighted by Crippen LogP contribution is -2.51. The number of carbonyl (C=O) groups is 4. The van der Waals surface area contributed by atoms with Gasteiger partial charge >= 0.3 is 12.2 Å². The van der Waals surface area contributed by atoms with Crippen molar-refractivity contribution in [2.75, 3.05) is 27.3 Å². The van der Waals surface area contributed by atoms with Crippen molar-refractivity contribution < 1.29 is 28.7 Å². The number of aryl methyl sites for hydroxylation is 2. The van der Waals surface area contributed by atoms with E-state index in [0.717, 1.165) is 101 Å². The monoisotopic (exact) mass is 863 g/mol. The molecule has 3 aliphatic rings. The van der Waals surface area contributed by atoms with Crippen molar-refractivity contribution in [1.82, 2.24) is 45.4 Å². The Morgan fingerprint density at radius 3 is 2.20 bits per heavy atom. The minimum absolute atomic E-state index is 0.109. The van der Waals surface area contributed by atoms with Crippen LogP contribution < -0.4 is 10.6 Å². The van der Waals surface area contributed by atoms with Gasteiger partial charge in [-0.3, -0.25) is 9.59 Å². The standard InChI is InChI=1S/C49H53N9O6/c1-28(2)41(55-48(61)63-3)46(59)58-24-10-16-40(58)45-52-37-14-8-13-30-25-31(17-20-34(30)43(37)54-45)35-21-18-32-26-33(19-22-36(32)51-35)38-27-50-44(53-38)39-15-9-23-57(39)47(60)42(56-49(62)64-4)29-11-6-5-7-12-29/h5-7,11-12,17-22,25-28,39-42H,8-10,13-16,23-24H2,1-4H3,(H,50,53)(H,52,54)(H,55,61)(H,56,62)/t39-,40-,41-,42+/m0/s1. The van der Waals surface area contributed by atoms with Gasteiger partial charge in [-0.05, 0) is 86.3 Å². The van der Waals surface area contributed by atoms with E-state index in [1.807, 2.05) is 61.2 Å². The molecule has 3 aromatic carbocycles. The van der Waals surface area contributed by atoms with Crippen LogP contribution in [0.3, 0.4) is 0 Å². The lowest BCUT2D eigenvalue weighted by molar-refractivity contribution is -0.135. The Morgan fingerprint density at radius 2 is 1.45 bits per heavy atom. The van der Waals surface area contributed by atoms with Gasteiger partial charge in [0.25, 0.3) is 5.91 Å². The maximum Gasteiger partial charge on any atom is 0.407 e. The first-order valence-electron chi connectivity index (χ1n) is 22.1. The number of methoxy groups -OCH3 is 2. The number of alkyl carbamates (subject to hydrolysis) is 2. The summed E-state index contributed by atoms with van der Waals surface area (Å²) >= 11 is 0. The molecule has 330 valence electrons.